The van der Waals surface area contributed by atoms with Gasteiger partial charge in [0, 0.05) is 42.2 Å². The fourth-order valence-corrected chi connectivity index (χ4v) is 4.59. The van der Waals surface area contributed by atoms with Crippen LogP contribution in [-0.4, -0.2) is 48.6 Å². The summed E-state index contributed by atoms with van der Waals surface area (Å²) in [6.45, 7) is 0.753. The Kier molecular flexibility index (Phi) is 4.36. The molecule has 31 heavy (non-hydrogen) atoms. The Hall–Kier alpha value is -3.43. The highest BCUT2D eigenvalue weighted by atomic mass is 16.2. The van der Waals surface area contributed by atoms with Crippen molar-refractivity contribution >= 4 is 29.4 Å². The topological polar surface area (TPSA) is 128 Å². The van der Waals surface area contributed by atoms with Crippen LogP contribution in [0, 0.1) is 0 Å². The molecule has 1 amide bonds. The Morgan fingerprint density at radius 1 is 1.16 bits per heavy atom. The lowest BCUT2D eigenvalue weighted by Crippen LogP contribution is -2.41. The Balaban J connectivity index is 1.27. The van der Waals surface area contributed by atoms with Gasteiger partial charge in [-0.05, 0) is 44.9 Å². The van der Waals surface area contributed by atoms with Gasteiger partial charge in [0.25, 0.3) is 0 Å². The first-order valence-electron chi connectivity index (χ1n) is 11.0. The molecule has 0 bridgehead atoms. The molecule has 2 aliphatic carbocycles. The van der Waals surface area contributed by atoms with Crippen LogP contribution < -0.4 is 15.5 Å². The summed E-state index contributed by atoms with van der Waals surface area (Å²) >= 11 is 0. The van der Waals surface area contributed by atoms with Crippen molar-refractivity contribution in [1.29, 1.82) is 0 Å². The van der Waals surface area contributed by atoms with Crippen LogP contribution in [0.5, 0.6) is 0 Å². The predicted octanol–water partition coefficient (Wildman–Crippen LogP) is 2.64. The molecular weight excluding hydrogens is 394 g/mol. The van der Waals surface area contributed by atoms with Gasteiger partial charge in [-0.15, -0.1) is 0 Å². The van der Waals surface area contributed by atoms with E-state index in [0.717, 1.165) is 61.5 Å². The van der Waals surface area contributed by atoms with Crippen LogP contribution in [0.25, 0.3) is 0 Å². The standard InChI is InChI=1S/C21H25N9O/c31-19(27-20-22-8-9-23-20)16-5-2-10-30(16)21-24-14-4-1-3-13(14)18(26-21)25-17-11-15(28-29-17)12-6-7-12/h8-9,11-12,16H,1-7,10H2,(H2,22,23,27,31)(H2,24,25,26,28,29)/t16-/m1/s1. The normalized spacial score (nSPS) is 20.1. The fraction of sp³-hybridized carbons (Fsp3) is 0.476. The summed E-state index contributed by atoms with van der Waals surface area (Å²) in [5, 5.41) is 13.8. The molecule has 3 aromatic heterocycles. The molecule has 3 aromatic rings. The SMILES string of the molecule is O=C(Nc1ncc[nH]1)[C@H]1CCCN1c1nc2c(c(Nc3cc(C4CC4)[nH]n3)n1)CCC2. The number of hydrogen-bond donors (Lipinski definition) is 4. The molecule has 10 heteroatoms. The van der Waals surface area contributed by atoms with Crippen LogP contribution >= 0.6 is 0 Å². The number of rotatable bonds is 6. The van der Waals surface area contributed by atoms with Crippen LogP contribution in [0.4, 0.5) is 23.5 Å². The van der Waals surface area contributed by atoms with Crippen LogP contribution in [-0.2, 0) is 17.6 Å². The van der Waals surface area contributed by atoms with Gasteiger partial charge in [0.15, 0.2) is 5.82 Å². The molecule has 0 radical (unpaired) electrons. The lowest BCUT2D eigenvalue weighted by molar-refractivity contribution is -0.117. The molecule has 1 saturated carbocycles. The fourth-order valence-electron chi connectivity index (χ4n) is 4.59. The molecule has 6 rings (SSSR count). The minimum atomic E-state index is -0.316. The highest BCUT2D eigenvalue weighted by molar-refractivity contribution is 5.95. The molecule has 2 fully saturated rings. The molecule has 3 aliphatic rings. The van der Waals surface area contributed by atoms with Gasteiger partial charge >= 0.3 is 0 Å². The van der Waals surface area contributed by atoms with Gasteiger partial charge in [0.2, 0.25) is 17.8 Å². The first-order valence-corrected chi connectivity index (χ1v) is 11.0. The second kappa shape index (κ2) is 7.36. The van der Waals surface area contributed by atoms with Crippen molar-refractivity contribution in [3.63, 3.8) is 0 Å². The third-order valence-electron chi connectivity index (χ3n) is 6.33. The molecule has 10 nitrogen and oxygen atoms in total. The number of aromatic nitrogens is 6. The third kappa shape index (κ3) is 3.51. The van der Waals surface area contributed by atoms with Gasteiger partial charge in [-0.25, -0.2) is 9.97 Å². The van der Waals surface area contributed by atoms with Gasteiger partial charge in [0.1, 0.15) is 11.9 Å². The number of hydrogen-bond acceptors (Lipinski definition) is 7. The van der Waals surface area contributed by atoms with Crippen LogP contribution in [0.3, 0.4) is 0 Å². The molecule has 160 valence electrons. The van der Waals surface area contributed by atoms with E-state index in [4.69, 9.17) is 9.97 Å². The zero-order valence-electron chi connectivity index (χ0n) is 17.2. The number of carbonyl (C=O) groups excluding carboxylic acids is 1. The van der Waals surface area contributed by atoms with Crippen molar-refractivity contribution in [2.75, 3.05) is 22.1 Å². The largest absolute Gasteiger partial charge is 0.331 e. The maximum absolute atomic E-state index is 12.9. The number of amides is 1. The van der Waals surface area contributed by atoms with Crippen molar-refractivity contribution in [3.8, 4) is 0 Å². The Morgan fingerprint density at radius 3 is 2.94 bits per heavy atom. The summed E-state index contributed by atoms with van der Waals surface area (Å²) < 4.78 is 0. The van der Waals surface area contributed by atoms with E-state index in [2.05, 4.69) is 36.9 Å². The summed E-state index contributed by atoms with van der Waals surface area (Å²) in [7, 11) is 0. The number of H-pyrrole nitrogens is 2. The lowest BCUT2D eigenvalue weighted by atomic mass is 10.2. The number of aromatic amines is 2. The van der Waals surface area contributed by atoms with Gasteiger partial charge in [-0.3, -0.25) is 15.2 Å². The first kappa shape index (κ1) is 18.3. The van der Waals surface area contributed by atoms with E-state index in [1.807, 2.05) is 4.90 Å². The van der Waals surface area contributed by atoms with Crippen molar-refractivity contribution < 1.29 is 4.79 Å². The molecule has 1 atom stereocenters. The van der Waals surface area contributed by atoms with E-state index in [1.165, 1.54) is 18.5 Å². The van der Waals surface area contributed by atoms with Gasteiger partial charge < -0.3 is 15.2 Å². The minimum absolute atomic E-state index is 0.0903. The van der Waals surface area contributed by atoms with Gasteiger partial charge in [0.05, 0.1) is 5.69 Å². The summed E-state index contributed by atoms with van der Waals surface area (Å²) in [6, 6.07) is 1.76. The summed E-state index contributed by atoms with van der Waals surface area (Å²) in [6.07, 6.45) is 10.4. The van der Waals surface area contributed by atoms with E-state index in [0.29, 0.717) is 17.8 Å². The number of anilines is 4. The Bertz CT molecular complexity index is 1100. The van der Waals surface area contributed by atoms with E-state index >= 15 is 0 Å². The highest BCUT2D eigenvalue weighted by Gasteiger charge is 2.34. The highest BCUT2D eigenvalue weighted by Crippen LogP contribution is 2.40. The zero-order chi connectivity index (χ0) is 20.8. The number of imidazole rings is 1. The Labute approximate surface area is 179 Å². The second-order valence-electron chi connectivity index (χ2n) is 8.54. The number of fused-ring (bicyclic) bond motifs is 1. The Morgan fingerprint density at radius 2 is 2.10 bits per heavy atom. The average Bonchev–Trinajstić information content (AvgIpc) is 3.27. The summed E-state index contributed by atoms with van der Waals surface area (Å²) in [4.78, 5) is 31.6. The van der Waals surface area contributed by atoms with Crippen LogP contribution in [0.1, 0.15) is 55.0 Å². The molecule has 0 spiro atoms. The predicted molar refractivity (Wildman–Crippen MR) is 115 cm³/mol. The van der Waals surface area contributed by atoms with Gasteiger partial charge in [-0.2, -0.15) is 10.1 Å². The van der Waals surface area contributed by atoms with Crippen molar-refractivity contribution in [3.05, 3.63) is 35.4 Å². The molecule has 4 N–H and O–H groups in total. The molecule has 4 heterocycles. The summed E-state index contributed by atoms with van der Waals surface area (Å²) in [5.74, 6) is 3.19. The zero-order valence-corrected chi connectivity index (χ0v) is 17.2. The molecular formula is C21H25N9O. The monoisotopic (exact) mass is 419 g/mol. The second-order valence-corrected chi connectivity index (χ2v) is 8.54. The minimum Gasteiger partial charge on any atom is -0.331 e. The average molecular weight is 419 g/mol. The van der Waals surface area contributed by atoms with Gasteiger partial charge in [-0.1, -0.05) is 0 Å². The lowest BCUT2D eigenvalue weighted by Gasteiger charge is -2.24. The molecule has 0 unspecified atom stereocenters. The maximum atomic E-state index is 12.9. The quantitative estimate of drug-likeness (QED) is 0.484. The molecule has 0 aromatic carbocycles. The number of aryl methyl sites for hydroxylation is 1. The van der Waals surface area contributed by atoms with E-state index in [1.54, 1.807) is 12.4 Å². The van der Waals surface area contributed by atoms with E-state index < -0.39 is 0 Å². The van der Waals surface area contributed by atoms with Crippen LogP contribution in [0.15, 0.2) is 18.5 Å². The van der Waals surface area contributed by atoms with Crippen LogP contribution in [0.2, 0.25) is 0 Å². The smallest absolute Gasteiger partial charge is 0.249 e. The van der Waals surface area contributed by atoms with E-state index in [9.17, 15) is 4.79 Å². The van der Waals surface area contributed by atoms with Crippen molar-refractivity contribution in [2.45, 2.75) is 56.9 Å². The summed E-state index contributed by atoms with van der Waals surface area (Å²) in [5.41, 5.74) is 3.42. The number of nitrogens with one attached hydrogen (secondary N) is 4. The first-order chi connectivity index (χ1) is 15.2. The van der Waals surface area contributed by atoms with Crippen molar-refractivity contribution in [1.82, 2.24) is 30.1 Å². The number of nitrogens with zero attached hydrogens (tertiary/aromatic N) is 5. The number of carbonyl (C=O) groups is 1. The molecule has 1 aliphatic heterocycles. The van der Waals surface area contributed by atoms with Crippen molar-refractivity contribution in [2.24, 2.45) is 0 Å². The molecule has 1 saturated heterocycles. The maximum Gasteiger partial charge on any atom is 0.249 e. The van der Waals surface area contributed by atoms with E-state index in [-0.39, 0.29) is 11.9 Å². The third-order valence-corrected chi connectivity index (χ3v) is 6.33.